The van der Waals surface area contributed by atoms with Gasteiger partial charge in [0.15, 0.2) is 5.78 Å². The molecule has 5 heterocycles. The number of aliphatic imine (C=N–C) groups is 3. The van der Waals surface area contributed by atoms with E-state index in [-0.39, 0.29) is 66.1 Å². The topological polar surface area (TPSA) is 138 Å². The summed E-state index contributed by atoms with van der Waals surface area (Å²) in [5.41, 5.74) is 13.2. The van der Waals surface area contributed by atoms with Crippen LogP contribution in [-0.2, 0) is 14.3 Å². The molecule has 0 saturated heterocycles. The van der Waals surface area contributed by atoms with E-state index in [1.165, 1.54) is 22.3 Å². The van der Waals surface area contributed by atoms with Crippen LogP contribution in [0.25, 0.3) is 11.6 Å². The SMILES string of the molecule is CC(C)=CCC/C(C)=C/CC/C(C)=C/CC/C(C)=C/COC(=O)CC[C@@H]1C2=C3CC(=O)C4=CC(=CC5=CC(=C[O-])C(=N5)C=c5[n-]c(c(C)c5C(C)O)=C(C)C(=N2)[C@H]1C)N=C43.[Mg+2]. The van der Waals surface area contributed by atoms with Gasteiger partial charge in [0.1, 0.15) is 6.61 Å². The Morgan fingerprint density at radius 3 is 2.18 bits per heavy atom. The summed E-state index contributed by atoms with van der Waals surface area (Å²) < 4.78 is 5.72. The first-order valence-corrected chi connectivity index (χ1v) is 21.5. The molecule has 1 aliphatic carbocycles. The second-order valence-corrected chi connectivity index (χ2v) is 17.2. The number of carbonyl (C=O) groups excluding carboxylic acids is 2. The Morgan fingerprint density at radius 2 is 1.54 bits per heavy atom. The molecule has 1 saturated carbocycles. The maximum atomic E-state index is 13.5. The molecule has 1 N–H and O–H groups in total. The van der Waals surface area contributed by atoms with E-state index in [1.807, 2.05) is 19.9 Å². The molecule has 0 spiro atoms. The van der Waals surface area contributed by atoms with E-state index in [4.69, 9.17) is 24.7 Å². The summed E-state index contributed by atoms with van der Waals surface area (Å²) >= 11 is 0. The molecule has 0 amide bonds. The Balaban J connectivity index is 0.00000704. The molecule has 0 aromatic carbocycles. The summed E-state index contributed by atoms with van der Waals surface area (Å²) in [6.45, 7) is 18.7. The summed E-state index contributed by atoms with van der Waals surface area (Å²) in [7, 11) is 0. The molecule has 1 aromatic rings. The predicted molar refractivity (Wildman–Crippen MR) is 246 cm³/mol. The zero-order valence-corrected chi connectivity index (χ0v) is 39.0. The van der Waals surface area contributed by atoms with E-state index in [9.17, 15) is 19.8 Å². The van der Waals surface area contributed by atoms with E-state index in [0.717, 1.165) is 72.9 Å². The maximum absolute atomic E-state index is 13.5. The molecule has 5 aliphatic rings. The molecule has 6 rings (SSSR count). The summed E-state index contributed by atoms with van der Waals surface area (Å²) in [5, 5.41) is 24.3. The van der Waals surface area contributed by atoms with Crippen molar-refractivity contribution < 1.29 is 24.5 Å². The number of rotatable bonds is 15. The minimum atomic E-state index is -0.823. The first-order valence-electron chi connectivity index (χ1n) is 21.5. The fraction of sp³-hybridized carbons (Fsp3) is 0.431. The molecule has 1 unspecified atom stereocenters. The van der Waals surface area contributed by atoms with Gasteiger partial charge >= 0.3 is 29.0 Å². The Hall–Kier alpha value is -4.64. The molecule has 1 aromatic heterocycles. The van der Waals surface area contributed by atoms with Crippen LogP contribution in [-0.4, -0.2) is 63.7 Å². The standard InChI is InChI=1S/C51H62N4O5.Mg/c1-29(2)13-10-14-30(3)15-11-16-31(4)17-12-18-32(5)21-22-60-46(59)20-19-40-33(6)48-35(8)49-34(7)47(36(9)57)44(54-49)27-43-37(28-56)23-38(52-43)24-39-25-41-45(58)26-42(50(40)55-48)51(41)53-39;/h13,15,17,21,23-25,27-28,33,36,40,57H,10-12,14,16,18-20,22,26H2,1-9H3,(H2,52,53,54,55,56,58);/q;+2/p-2/b30-15+,31-17+,32-21+;/t33-,36?,40-;/m0./s1. The number of Topliss-reactive ketones (excluding diaryl/α,β-unsaturated/α-hetero) is 1. The van der Waals surface area contributed by atoms with Crippen molar-refractivity contribution >= 4 is 63.6 Å². The number of nitrogens with zero attached hydrogens (tertiary/aromatic N) is 4. The number of allylic oxidation sites excluding steroid dienone is 14. The van der Waals surface area contributed by atoms with Crippen molar-refractivity contribution in [3.05, 3.63) is 127 Å². The monoisotopic (exact) mass is 832 g/mol. The van der Waals surface area contributed by atoms with Crippen LogP contribution in [0.4, 0.5) is 0 Å². The minimum Gasteiger partial charge on any atom is -0.877 e. The van der Waals surface area contributed by atoms with Crippen LogP contribution in [0.3, 0.4) is 0 Å². The summed E-state index contributed by atoms with van der Waals surface area (Å²) in [6, 6.07) is 0. The normalized spacial score (nSPS) is 21.1. The van der Waals surface area contributed by atoms with Crippen LogP contribution < -0.4 is 20.8 Å². The number of hydrogen-bond donors (Lipinski definition) is 1. The second-order valence-electron chi connectivity index (χ2n) is 17.2. The molecular formula is C51H60MgN4O5. The molecule has 8 bridgehead atoms. The number of ether oxygens (including phenoxy) is 1. The summed E-state index contributed by atoms with van der Waals surface area (Å²) in [5.74, 6) is -0.589. The van der Waals surface area contributed by atoms with Crippen LogP contribution in [0, 0.1) is 18.8 Å². The van der Waals surface area contributed by atoms with Crippen molar-refractivity contribution in [3.8, 4) is 0 Å². The predicted octanol–water partition coefficient (Wildman–Crippen LogP) is 7.84. The van der Waals surface area contributed by atoms with E-state index in [2.05, 4.69) is 59.8 Å². The van der Waals surface area contributed by atoms with E-state index in [0.29, 0.717) is 56.6 Å². The Bertz CT molecular complexity index is 2460. The third-order valence-electron chi connectivity index (χ3n) is 12.1. The van der Waals surface area contributed by atoms with Crippen LogP contribution in [0.1, 0.15) is 130 Å². The Morgan fingerprint density at radius 1 is 0.902 bits per heavy atom. The fourth-order valence-corrected chi connectivity index (χ4v) is 8.70. The van der Waals surface area contributed by atoms with Gasteiger partial charge in [-0.25, -0.2) is 9.98 Å². The van der Waals surface area contributed by atoms with E-state index < -0.39 is 6.10 Å². The number of esters is 1. The summed E-state index contributed by atoms with van der Waals surface area (Å²) in [6.07, 6.45) is 22.9. The van der Waals surface area contributed by atoms with Gasteiger partial charge in [0, 0.05) is 41.5 Å². The molecule has 1 fully saturated rings. The Labute approximate surface area is 377 Å². The van der Waals surface area contributed by atoms with Gasteiger partial charge in [0.2, 0.25) is 0 Å². The third-order valence-corrected chi connectivity index (χ3v) is 12.1. The molecule has 0 radical (unpaired) electrons. The second kappa shape index (κ2) is 21.0. The first kappa shape index (κ1) is 47.4. The third kappa shape index (κ3) is 11.3. The van der Waals surface area contributed by atoms with Gasteiger partial charge in [-0.2, -0.15) is 0 Å². The molecule has 4 aliphatic heterocycles. The zero-order chi connectivity index (χ0) is 43.2. The number of aromatic nitrogens is 1. The van der Waals surface area contributed by atoms with Gasteiger partial charge in [-0.3, -0.25) is 14.6 Å². The molecule has 61 heavy (non-hydrogen) atoms. The van der Waals surface area contributed by atoms with Gasteiger partial charge in [-0.1, -0.05) is 59.1 Å². The Kier molecular flexibility index (Phi) is 16.3. The van der Waals surface area contributed by atoms with Crippen LogP contribution >= 0.6 is 0 Å². The van der Waals surface area contributed by atoms with Crippen molar-refractivity contribution in [1.29, 1.82) is 0 Å². The van der Waals surface area contributed by atoms with Crippen LogP contribution in [0.5, 0.6) is 0 Å². The smallest absolute Gasteiger partial charge is 0.877 e. The van der Waals surface area contributed by atoms with Crippen molar-refractivity contribution in [2.45, 2.75) is 126 Å². The quantitative estimate of drug-likeness (QED) is 0.0828. The number of fused-ring (bicyclic) bond motifs is 5. The van der Waals surface area contributed by atoms with Gasteiger partial charge in [0.25, 0.3) is 0 Å². The van der Waals surface area contributed by atoms with Crippen molar-refractivity contribution in [2.24, 2.45) is 26.8 Å². The molecule has 316 valence electrons. The van der Waals surface area contributed by atoms with Gasteiger partial charge in [0.05, 0.1) is 34.6 Å². The molecule has 10 heteroatoms. The largest absolute Gasteiger partial charge is 2.00 e. The average Bonchev–Trinajstić information content (AvgIpc) is 3.99. The van der Waals surface area contributed by atoms with E-state index >= 15 is 0 Å². The maximum Gasteiger partial charge on any atom is 2.00 e. The number of aliphatic hydroxyl groups is 1. The molecule has 9 nitrogen and oxygen atoms in total. The van der Waals surface area contributed by atoms with Crippen LogP contribution in [0.2, 0.25) is 0 Å². The van der Waals surface area contributed by atoms with Gasteiger partial charge in [-0.05, 0) is 141 Å². The van der Waals surface area contributed by atoms with Gasteiger partial charge < -0.3 is 19.9 Å². The minimum absolute atomic E-state index is 0. The number of hydrogen-bond acceptors (Lipinski definition) is 8. The van der Waals surface area contributed by atoms with Crippen LogP contribution in [0.15, 0.2) is 120 Å². The van der Waals surface area contributed by atoms with Crippen molar-refractivity contribution in [1.82, 2.24) is 4.98 Å². The number of aliphatic hydroxyl groups excluding tert-OH is 1. The van der Waals surface area contributed by atoms with Crippen molar-refractivity contribution in [3.63, 3.8) is 0 Å². The average molecular weight is 833 g/mol. The zero-order valence-electron chi connectivity index (χ0n) is 37.6. The number of ketones is 1. The van der Waals surface area contributed by atoms with Gasteiger partial charge in [-0.15, -0.1) is 17.0 Å². The van der Waals surface area contributed by atoms with E-state index in [1.54, 1.807) is 31.2 Å². The summed E-state index contributed by atoms with van der Waals surface area (Å²) in [4.78, 5) is 46.6. The first-order chi connectivity index (χ1) is 28.6. The van der Waals surface area contributed by atoms with Crippen molar-refractivity contribution in [2.75, 3.05) is 6.61 Å². The number of carbonyl (C=O) groups is 2. The molecule has 3 atom stereocenters. The fourth-order valence-electron chi connectivity index (χ4n) is 8.70. The molecular weight excluding hydrogens is 773 g/mol.